The number of esters is 1. The van der Waals surface area contributed by atoms with Crippen LogP contribution in [0.15, 0.2) is 0 Å². The first-order valence-corrected chi connectivity index (χ1v) is 4.02. The van der Waals surface area contributed by atoms with E-state index < -0.39 is 5.54 Å². The van der Waals surface area contributed by atoms with Gasteiger partial charge in [0, 0.05) is 0 Å². The number of nitrogens with two attached hydrogens (primary N) is 1. The van der Waals surface area contributed by atoms with Gasteiger partial charge in [-0.3, -0.25) is 4.79 Å². The lowest BCUT2D eigenvalue weighted by molar-refractivity contribution is -0.148. The number of carbonyl (C=O) groups is 1. The Labute approximate surface area is 79.1 Å². The molecule has 0 heterocycles. The minimum Gasteiger partial charge on any atom is -0.468 e. The van der Waals surface area contributed by atoms with Crippen molar-refractivity contribution in [3.8, 4) is 0 Å². The Balaban J connectivity index is 0.00000121. The van der Waals surface area contributed by atoms with Gasteiger partial charge in [0.05, 0.1) is 7.11 Å². The molecule has 1 aliphatic rings. The molecule has 1 aliphatic carbocycles. The number of rotatable bonds is 3. The minimum absolute atomic E-state index is 0. The zero-order valence-electron chi connectivity index (χ0n) is 7.50. The molecule has 0 aromatic heterocycles. The highest BCUT2D eigenvalue weighted by Gasteiger charge is 2.47. The molecule has 1 unspecified atom stereocenters. The van der Waals surface area contributed by atoms with E-state index in [0.717, 1.165) is 12.8 Å². The van der Waals surface area contributed by atoms with Crippen molar-refractivity contribution in [1.29, 1.82) is 0 Å². The van der Waals surface area contributed by atoms with Gasteiger partial charge in [0.25, 0.3) is 0 Å². The molecular formula is C8H16ClNO2. The highest BCUT2D eigenvalue weighted by atomic mass is 35.5. The molecule has 0 aliphatic heterocycles. The summed E-state index contributed by atoms with van der Waals surface area (Å²) in [6.07, 6.45) is 2.81. The summed E-state index contributed by atoms with van der Waals surface area (Å²) < 4.78 is 4.64. The summed E-state index contributed by atoms with van der Waals surface area (Å²) in [4.78, 5) is 11.2. The van der Waals surface area contributed by atoms with Crippen LogP contribution >= 0.6 is 12.4 Å². The summed E-state index contributed by atoms with van der Waals surface area (Å²) in [5.74, 6) is 0.0995. The van der Waals surface area contributed by atoms with E-state index in [-0.39, 0.29) is 18.4 Å². The third kappa shape index (κ3) is 1.90. The molecule has 1 rings (SSSR count). The Kier molecular flexibility index (Phi) is 4.00. The van der Waals surface area contributed by atoms with Gasteiger partial charge in [0.2, 0.25) is 0 Å². The molecule has 0 spiro atoms. The summed E-state index contributed by atoms with van der Waals surface area (Å²) in [5, 5.41) is 0. The Morgan fingerprint density at radius 3 is 2.42 bits per heavy atom. The average Bonchev–Trinajstić information content (AvgIpc) is 2.84. The van der Waals surface area contributed by atoms with Crippen molar-refractivity contribution in [1.82, 2.24) is 0 Å². The number of halogens is 1. The summed E-state index contributed by atoms with van der Waals surface area (Å²) in [7, 11) is 1.39. The fourth-order valence-electron chi connectivity index (χ4n) is 1.39. The lowest BCUT2D eigenvalue weighted by Gasteiger charge is -2.24. The monoisotopic (exact) mass is 193 g/mol. The summed E-state index contributed by atoms with van der Waals surface area (Å²) >= 11 is 0. The lowest BCUT2D eigenvalue weighted by atomic mass is 9.92. The summed E-state index contributed by atoms with van der Waals surface area (Å²) in [5.41, 5.74) is 5.18. The van der Waals surface area contributed by atoms with Crippen molar-refractivity contribution in [2.45, 2.75) is 31.7 Å². The highest BCUT2D eigenvalue weighted by molar-refractivity contribution is 5.85. The van der Waals surface area contributed by atoms with Crippen LogP contribution in [0.1, 0.15) is 26.2 Å². The Morgan fingerprint density at radius 1 is 1.67 bits per heavy atom. The molecule has 0 aromatic carbocycles. The minimum atomic E-state index is -0.700. The molecule has 2 N–H and O–H groups in total. The van der Waals surface area contributed by atoms with Crippen LogP contribution in [0, 0.1) is 5.92 Å². The van der Waals surface area contributed by atoms with Crippen molar-refractivity contribution in [2.75, 3.05) is 7.11 Å². The van der Waals surface area contributed by atoms with Crippen molar-refractivity contribution in [3.63, 3.8) is 0 Å². The third-order valence-corrected chi connectivity index (χ3v) is 2.46. The predicted molar refractivity (Wildman–Crippen MR) is 49.2 cm³/mol. The van der Waals surface area contributed by atoms with E-state index in [0.29, 0.717) is 12.3 Å². The average molecular weight is 194 g/mol. The standard InChI is InChI=1S/C8H15NO2.ClH/c1-3-8(9,6-4-5-6)7(10)11-2;/h6H,3-5,9H2,1-2H3;1H. The van der Waals surface area contributed by atoms with Crippen molar-refractivity contribution < 1.29 is 9.53 Å². The molecule has 0 saturated heterocycles. The van der Waals surface area contributed by atoms with Crippen LogP contribution in [0.5, 0.6) is 0 Å². The van der Waals surface area contributed by atoms with Crippen LogP contribution in [0.4, 0.5) is 0 Å². The van der Waals surface area contributed by atoms with Gasteiger partial charge in [-0.25, -0.2) is 0 Å². The molecule has 0 bridgehead atoms. The second kappa shape index (κ2) is 4.10. The van der Waals surface area contributed by atoms with Gasteiger partial charge >= 0.3 is 5.97 Å². The fourth-order valence-corrected chi connectivity index (χ4v) is 1.39. The van der Waals surface area contributed by atoms with E-state index in [1.165, 1.54) is 7.11 Å². The maximum absolute atomic E-state index is 11.2. The van der Waals surface area contributed by atoms with E-state index in [1.807, 2.05) is 6.92 Å². The van der Waals surface area contributed by atoms with Gasteiger partial charge in [0.15, 0.2) is 0 Å². The van der Waals surface area contributed by atoms with Gasteiger partial charge in [-0.05, 0) is 25.2 Å². The Bertz CT molecular complexity index is 170. The zero-order chi connectivity index (χ0) is 8.48. The van der Waals surface area contributed by atoms with E-state index >= 15 is 0 Å². The quantitative estimate of drug-likeness (QED) is 0.683. The zero-order valence-corrected chi connectivity index (χ0v) is 8.32. The largest absolute Gasteiger partial charge is 0.468 e. The van der Waals surface area contributed by atoms with Crippen LogP contribution in [-0.4, -0.2) is 18.6 Å². The van der Waals surface area contributed by atoms with E-state index in [2.05, 4.69) is 4.74 Å². The van der Waals surface area contributed by atoms with Gasteiger partial charge < -0.3 is 10.5 Å². The molecule has 72 valence electrons. The first-order valence-electron chi connectivity index (χ1n) is 4.02. The highest BCUT2D eigenvalue weighted by Crippen LogP contribution is 2.40. The summed E-state index contributed by atoms with van der Waals surface area (Å²) in [6, 6.07) is 0. The van der Waals surface area contributed by atoms with Crippen molar-refractivity contribution in [2.24, 2.45) is 11.7 Å². The van der Waals surface area contributed by atoms with Crippen LogP contribution in [0.2, 0.25) is 0 Å². The molecule has 4 heteroatoms. The van der Waals surface area contributed by atoms with Crippen LogP contribution in [0.25, 0.3) is 0 Å². The van der Waals surface area contributed by atoms with Gasteiger partial charge in [-0.1, -0.05) is 6.92 Å². The SMILES string of the molecule is CCC(N)(C(=O)OC)C1CC1.Cl. The van der Waals surface area contributed by atoms with E-state index in [4.69, 9.17) is 5.73 Å². The Hall–Kier alpha value is -0.280. The molecule has 1 saturated carbocycles. The number of methoxy groups -OCH3 is 1. The first-order chi connectivity index (χ1) is 5.15. The van der Waals surface area contributed by atoms with Crippen molar-refractivity contribution >= 4 is 18.4 Å². The normalized spacial score (nSPS) is 20.6. The Morgan fingerprint density at radius 2 is 2.17 bits per heavy atom. The predicted octanol–water partition coefficient (Wildman–Crippen LogP) is 1.10. The topological polar surface area (TPSA) is 52.3 Å². The fraction of sp³-hybridized carbons (Fsp3) is 0.875. The van der Waals surface area contributed by atoms with Crippen LogP contribution in [0.3, 0.4) is 0 Å². The molecule has 1 fully saturated rings. The third-order valence-electron chi connectivity index (χ3n) is 2.46. The lowest BCUT2D eigenvalue weighted by Crippen LogP contribution is -2.50. The number of hydrogen-bond donors (Lipinski definition) is 1. The summed E-state index contributed by atoms with van der Waals surface area (Å²) in [6.45, 7) is 1.93. The molecule has 0 amide bonds. The number of hydrogen-bond acceptors (Lipinski definition) is 3. The molecule has 0 radical (unpaired) electrons. The maximum atomic E-state index is 11.2. The van der Waals surface area contributed by atoms with Gasteiger partial charge in [-0.2, -0.15) is 0 Å². The maximum Gasteiger partial charge on any atom is 0.326 e. The number of carbonyl (C=O) groups excluding carboxylic acids is 1. The van der Waals surface area contributed by atoms with Crippen LogP contribution in [-0.2, 0) is 9.53 Å². The van der Waals surface area contributed by atoms with Gasteiger partial charge in [0.1, 0.15) is 5.54 Å². The van der Waals surface area contributed by atoms with Gasteiger partial charge in [-0.15, -0.1) is 12.4 Å². The number of ether oxygens (including phenoxy) is 1. The van der Waals surface area contributed by atoms with E-state index in [1.54, 1.807) is 0 Å². The molecule has 12 heavy (non-hydrogen) atoms. The molecule has 1 atom stereocenters. The second-order valence-corrected chi connectivity index (χ2v) is 3.16. The second-order valence-electron chi connectivity index (χ2n) is 3.16. The molecule has 0 aromatic rings. The molecule has 3 nitrogen and oxygen atoms in total. The smallest absolute Gasteiger partial charge is 0.326 e. The molecular weight excluding hydrogens is 178 g/mol. The van der Waals surface area contributed by atoms with Crippen molar-refractivity contribution in [3.05, 3.63) is 0 Å². The first kappa shape index (κ1) is 11.7. The van der Waals surface area contributed by atoms with E-state index in [9.17, 15) is 4.79 Å². The van der Waals surface area contributed by atoms with Crippen LogP contribution < -0.4 is 5.73 Å².